The van der Waals surface area contributed by atoms with E-state index in [2.05, 4.69) is 17.0 Å². The van der Waals surface area contributed by atoms with Gasteiger partial charge in [0.15, 0.2) is 5.82 Å². The van der Waals surface area contributed by atoms with Crippen LogP contribution in [0.5, 0.6) is 0 Å². The van der Waals surface area contributed by atoms with Crippen LogP contribution in [-0.2, 0) is 6.54 Å². The number of thioether (sulfide) groups is 1. The zero-order valence-electron chi connectivity index (χ0n) is 16.5. The number of para-hydroxylation sites is 1. The summed E-state index contributed by atoms with van der Waals surface area (Å²) >= 11 is 7.50. The highest BCUT2D eigenvalue weighted by Crippen LogP contribution is 2.34. The Morgan fingerprint density at radius 1 is 1.03 bits per heavy atom. The van der Waals surface area contributed by atoms with Gasteiger partial charge in [-0.1, -0.05) is 71.9 Å². The van der Waals surface area contributed by atoms with Crippen LogP contribution in [-0.4, -0.2) is 17.8 Å². The number of hydrogen-bond donors (Lipinski definition) is 2. The molecule has 0 spiro atoms. The number of amidine groups is 1. The van der Waals surface area contributed by atoms with E-state index in [0.717, 1.165) is 22.0 Å². The standard InChI is InChI=1S/C23H22ClN5S/c1-28(15-16-8-3-2-4-9-16)22-19-12-5-6-13-20(19)29(26)23(27-22)21(25)30-18-11-7-10-17(24)14-18/h2-14H,15,25-26H2,1H3/b23-21+. The average molecular weight is 436 g/mol. The van der Waals surface area contributed by atoms with E-state index in [1.165, 1.54) is 17.3 Å². The highest BCUT2D eigenvalue weighted by Gasteiger charge is 2.26. The Morgan fingerprint density at radius 2 is 1.77 bits per heavy atom. The number of benzene rings is 3. The molecule has 3 aromatic carbocycles. The fourth-order valence-electron chi connectivity index (χ4n) is 3.30. The summed E-state index contributed by atoms with van der Waals surface area (Å²) in [7, 11) is 2.02. The van der Waals surface area contributed by atoms with Gasteiger partial charge >= 0.3 is 0 Å². The van der Waals surface area contributed by atoms with E-state index < -0.39 is 0 Å². The van der Waals surface area contributed by atoms with Gasteiger partial charge in [0.1, 0.15) is 10.9 Å². The molecule has 30 heavy (non-hydrogen) atoms. The first-order valence-electron chi connectivity index (χ1n) is 9.44. The van der Waals surface area contributed by atoms with Crippen LogP contribution in [0.2, 0.25) is 5.02 Å². The Balaban J connectivity index is 1.73. The molecule has 0 saturated heterocycles. The lowest BCUT2D eigenvalue weighted by atomic mass is 10.1. The molecule has 3 aromatic rings. The molecule has 0 aliphatic carbocycles. The maximum absolute atomic E-state index is 6.45. The van der Waals surface area contributed by atoms with Crippen molar-refractivity contribution in [2.45, 2.75) is 11.4 Å². The maximum atomic E-state index is 6.45. The van der Waals surface area contributed by atoms with E-state index in [4.69, 9.17) is 28.2 Å². The molecule has 0 atom stereocenters. The zero-order valence-corrected chi connectivity index (χ0v) is 18.1. The molecule has 0 bridgehead atoms. The molecule has 0 unspecified atom stereocenters. The van der Waals surface area contributed by atoms with E-state index in [0.29, 0.717) is 22.4 Å². The van der Waals surface area contributed by atoms with Crippen LogP contribution >= 0.6 is 23.4 Å². The lowest BCUT2D eigenvalue weighted by molar-refractivity contribution is 0.499. The minimum absolute atomic E-state index is 0.500. The second kappa shape index (κ2) is 8.83. The van der Waals surface area contributed by atoms with Gasteiger partial charge in [-0.05, 0) is 35.9 Å². The van der Waals surface area contributed by atoms with E-state index in [9.17, 15) is 0 Å². The van der Waals surface area contributed by atoms with Crippen LogP contribution < -0.4 is 16.6 Å². The monoisotopic (exact) mass is 435 g/mol. The summed E-state index contributed by atoms with van der Waals surface area (Å²) < 4.78 is 0. The third-order valence-corrected chi connectivity index (χ3v) is 5.84. The number of halogens is 1. The van der Waals surface area contributed by atoms with Crippen molar-refractivity contribution in [1.82, 2.24) is 4.90 Å². The van der Waals surface area contributed by atoms with Crippen molar-refractivity contribution in [3.63, 3.8) is 0 Å². The van der Waals surface area contributed by atoms with Gasteiger partial charge in [-0.2, -0.15) is 0 Å². The molecule has 0 amide bonds. The summed E-state index contributed by atoms with van der Waals surface area (Å²) in [6, 6.07) is 25.7. The predicted molar refractivity (Wildman–Crippen MR) is 126 cm³/mol. The second-order valence-corrected chi connectivity index (χ2v) is 8.46. The van der Waals surface area contributed by atoms with E-state index in [1.807, 2.05) is 73.8 Å². The highest BCUT2D eigenvalue weighted by molar-refractivity contribution is 8.03. The molecular formula is C23H22ClN5S. The number of anilines is 1. The van der Waals surface area contributed by atoms with Crippen molar-refractivity contribution in [2.24, 2.45) is 16.6 Å². The zero-order chi connectivity index (χ0) is 21.1. The first kappa shape index (κ1) is 20.3. The summed E-state index contributed by atoms with van der Waals surface area (Å²) in [5.41, 5.74) is 9.46. The molecule has 4 N–H and O–H groups in total. The number of rotatable bonds is 4. The van der Waals surface area contributed by atoms with Crippen molar-refractivity contribution >= 4 is 34.9 Å². The Labute approximate surface area is 185 Å². The second-order valence-electron chi connectivity index (χ2n) is 6.91. The van der Waals surface area contributed by atoms with Gasteiger partial charge in [-0.3, -0.25) is 5.01 Å². The number of hydrazine groups is 1. The number of nitrogens with zero attached hydrogens (tertiary/aromatic N) is 3. The van der Waals surface area contributed by atoms with Gasteiger partial charge < -0.3 is 10.6 Å². The quantitative estimate of drug-likeness (QED) is 0.455. The number of nitrogens with two attached hydrogens (primary N) is 2. The number of fused-ring (bicyclic) bond motifs is 1. The van der Waals surface area contributed by atoms with Crippen LogP contribution in [0, 0.1) is 0 Å². The normalized spacial score (nSPS) is 14.8. The fraction of sp³-hybridized carbons (Fsp3) is 0.0870. The molecule has 152 valence electrons. The molecule has 1 heterocycles. The third-order valence-electron chi connectivity index (χ3n) is 4.71. The van der Waals surface area contributed by atoms with Gasteiger partial charge in [-0.15, -0.1) is 0 Å². The van der Waals surface area contributed by atoms with E-state index in [1.54, 1.807) is 5.01 Å². The molecule has 5 nitrogen and oxygen atoms in total. The summed E-state index contributed by atoms with van der Waals surface area (Å²) in [6.07, 6.45) is 0. The highest BCUT2D eigenvalue weighted by atomic mass is 35.5. The van der Waals surface area contributed by atoms with Crippen LogP contribution in [0.3, 0.4) is 0 Å². The van der Waals surface area contributed by atoms with Crippen LogP contribution in [0.1, 0.15) is 11.1 Å². The molecule has 0 aromatic heterocycles. The largest absolute Gasteiger partial charge is 0.390 e. The summed E-state index contributed by atoms with van der Waals surface area (Å²) in [5.74, 6) is 7.75. The van der Waals surface area contributed by atoms with Gasteiger partial charge in [0.2, 0.25) is 0 Å². The molecule has 0 saturated carbocycles. The lowest BCUT2D eigenvalue weighted by Gasteiger charge is -2.32. The molecule has 0 fully saturated rings. The minimum Gasteiger partial charge on any atom is -0.390 e. The molecule has 1 aliphatic rings. The van der Waals surface area contributed by atoms with Crippen LogP contribution in [0.15, 0.2) is 99.6 Å². The van der Waals surface area contributed by atoms with Crippen molar-refractivity contribution in [2.75, 3.05) is 12.1 Å². The lowest BCUT2D eigenvalue weighted by Crippen LogP contribution is -2.39. The topological polar surface area (TPSA) is 70.9 Å². The summed E-state index contributed by atoms with van der Waals surface area (Å²) in [5, 5.41) is 2.70. The first-order valence-corrected chi connectivity index (χ1v) is 10.6. The summed E-state index contributed by atoms with van der Waals surface area (Å²) in [6.45, 7) is 0.715. The predicted octanol–water partition coefficient (Wildman–Crippen LogP) is 4.79. The van der Waals surface area contributed by atoms with Gasteiger partial charge in [0.05, 0.1) is 5.69 Å². The van der Waals surface area contributed by atoms with Crippen molar-refractivity contribution in [1.29, 1.82) is 0 Å². The van der Waals surface area contributed by atoms with Gasteiger partial charge in [-0.25, -0.2) is 10.8 Å². The number of aliphatic imine (C=N–C) groups is 1. The molecule has 1 aliphatic heterocycles. The number of hydrogen-bond acceptors (Lipinski definition) is 6. The van der Waals surface area contributed by atoms with Crippen molar-refractivity contribution in [3.05, 3.63) is 106 Å². The average Bonchev–Trinajstić information content (AvgIpc) is 2.75. The maximum Gasteiger partial charge on any atom is 0.180 e. The Kier molecular flexibility index (Phi) is 5.99. The van der Waals surface area contributed by atoms with Crippen molar-refractivity contribution in [3.8, 4) is 0 Å². The first-order chi connectivity index (χ1) is 14.5. The third kappa shape index (κ3) is 4.31. The molecular weight excluding hydrogens is 414 g/mol. The van der Waals surface area contributed by atoms with Crippen LogP contribution in [0.4, 0.5) is 5.69 Å². The fourth-order valence-corrected chi connectivity index (χ4v) is 4.38. The van der Waals surface area contributed by atoms with E-state index >= 15 is 0 Å². The Hall–Kier alpha value is -2.93. The Bertz CT molecular complexity index is 1110. The SMILES string of the molecule is CN(Cc1ccccc1)C1=N/C(=C(/N)Sc2cccc(Cl)c2)N(N)c2ccccc21. The summed E-state index contributed by atoms with van der Waals surface area (Å²) in [4.78, 5) is 7.90. The molecule has 7 heteroatoms. The minimum atomic E-state index is 0.500. The molecule has 0 radical (unpaired) electrons. The van der Waals surface area contributed by atoms with Gasteiger partial charge in [0, 0.05) is 29.1 Å². The smallest absolute Gasteiger partial charge is 0.180 e. The van der Waals surface area contributed by atoms with Crippen LogP contribution in [0.25, 0.3) is 0 Å². The van der Waals surface area contributed by atoms with Crippen molar-refractivity contribution < 1.29 is 0 Å². The molecule has 4 rings (SSSR count). The van der Waals surface area contributed by atoms with Gasteiger partial charge in [0.25, 0.3) is 0 Å². The Morgan fingerprint density at radius 3 is 2.53 bits per heavy atom. The van der Waals surface area contributed by atoms with E-state index in [-0.39, 0.29) is 0 Å².